The molecule has 4 nitrogen and oxygen atoms in total. The molecule has 23 heavy (non-hydrogen) atoms. The molecule has 0 spiro atoms. The van der Waals surface area contributed by atoms with Crippen molar-refractivity contribution in [1.29, 1.82) is 0 Å². The summed E-state index contributed by atoms with van der Waals surface area (Å²) in [6, 6.07) is 15.2. The molecule has 1 aliphatic heterocycles. The van der Waals surface area contributed by atoms with Crippen molar-refractivity contribution < 1.29 is 9.90 Å². The van der Waals surface area contributed by atoms with Crippen LogP contribution in [0.1, 0.15) is 47.1 Å². The maximum atomic E-state index is 12.7. The van der Waals surface area contributed by atoms with Crippen LogP contribution in [0, 0.1) is 6.92 Å². The average Bonchev–Trinajstić information content (AvgIpc) is 3.03. The van der Waals surface area contributed by atoms with Crippen molar-refractivity contribution in [2.45, 2.75) is 38.3 Å². The Morgan fingerprint density at radius 1 is 1.26 bits per heavy atom. The number of hydrogen-bond donors (Lipinski definition) is 1. The highest BCUT2D eigenvalue weighted by Gasteiger charge is 2.31. The number of benzene rings is 1. The van der Waals surface area contributed by atoms with Crippen LogP contribution in [0.5, 0.6) is 0 Å². The van der Waals surface area contributed by atoms with E-state index >= 15 is 0 Å². The van der Waals surface area contributed by atoms with Gasteiger partial charge in [-0.2, -0.15) is 0 Å². The van der Waals surface area contributed by atoms with E-state index in [-0.39, 0.29) is 11.9 Å². The van der Waals surface area contributed by atoms with E-state index in [4.69, 9.17) is 0 Å². The zero-order valence-corrected chi connectivity index (χ0v) is 13.4. The van der Waals surface area contributed by atoms with Crippen molar-refractivity contribution in [1.82, 2.24) is 9.88 Å². The average molecular weight is 310 g/mol. The van der Waals surface area contributed by atoms with Crippen molar-refractivity contribution in [2.75, 3.05) is 6.54 Å². The SMILES string of the molecule is Cc1cccc(C(=O)N2CCC[C@H]2C[C@H](O)c2ccccc2)n1. The van der Waals surface area contributed by atoms with Crippen LogP contribution in [0.25, 0.3) is 0 Å². The van der Waals surface area contributed by atoms with E-state index in [9.17, 15) is 9.90 Å². The van der Waals surface area contributed by atoms with Gasteiger partial charge < -0.3 is 10.0 Å². The van der Waals surface area contributed by atoms with Crippen LogP contribution in [0.4, 0.5) is 0 Å². The molecule has 2 atom stereocenters. The highest BCUT2D eigenvalue weighted by Crippen LogP contribution is 2.28. The lowest BCUT2D eigenvalue weighted by Crippen LogP contribution is -2.37. The summed E-state index contributed by atoms with van der Waals surface area (Å²) in [5, 5.41) is 10.4. The zero-order valence-electron chi connectivity index (χ0n) is 13.4. The third-order valence-corrected chi connectivity index (χ3v) is 4.43. The van der Waals surface area contributed by atoms with Gasteiger partial charge in [0.1, 0.15) is 5.69 Å². The maximum absolute atomic E-state index is 12.7. The second kappa shape index (κ2) is 6.92. The lowest BCUT2D eigenvalue weighted by molar-refractivity contribution is 0.0661. The number of carbonyl (C=O) groups excluding carboxylic acids is 1. The maximum Gasteiger partial charge on any atom is 0.272 e. The molecule has 4 heteroatoms. The summed E-state index contributed by atoms with van der Waals surface area (Å²) < 4.78 is 0. The standard InChI is InChI=1S/C19H22N2O2/c1-14-7-5-11-17(20-14)19(23)21-12-6-10-16(21)13-18(22)15-8-3-2-4-9-15/h2-5,7-9,11,16,18,22H,6,10,12-13H2,1H3/t16-,18-/m0/s1. The van der Waals surface area contributed by atoms with Gasteiger partial charge in [-0.05, 0) is 43.9 Å². The van der Waals surface area contributed by atoms with Gasteiger partial charge in [-0.1, -0.05) is 36.4 Å². The molecule has 0 bridgehead atoms. The van der Waals surface area contributed by atoms with Crippen LogP contribution in [-0.2, 0) is 0 Å². The van der Waals surface area contributed by atoms with E-state index in [2.05, 4.69) is 4.98 Å². The predicted octanol–water partition coefficient (Wildman–Crippen LogP) is 3.12. The van der Waals surface area contributed by atoms with E-state index in [0.29, 0.717) is 12.1 Å². The molecule has 0 radical (unpaired) electrons. The van der Waals surface area contributed by atoms with Gasteiger partial charge in [0.05, 0.1) is 6.10 Å². The van der Waals surface area contributed by atoms with Crippen LogP contribution in [0.3, 0.4) is 0 Å². The third-order valence-electron chi connectivity index (χ3n) is 4.43. The molecule has 2 heterocycles. The van der Waals surface area contributed by atoms with Gasteiger partial charge in [-0.15, -0.1) is 0 Å². The Morgan fingerprint density at radius 3 is 2.78 bits per heavy atom. The second-order valence-electron chi connectivity index (χ2n) is 6.12. The number of pyridine rings is 1. The number of carbonyl (C=O) groups is 1. The van der Waals surface area contributed by atoms with Crippen molar-refractivity contribution in [3.8, 4) is 0 Å². The van der Waals surface area contributed by atoms with Gasteiger partial charge >= 0.3 is 0 Å². The molecule has 1 amide bonds. The number of aryl methyl sites for hydroxylation is 1. The van der Waals surface area contributed by atoms with E-state index in [1.54, 1.807) is 6.07 Å². The molecule has 1 fully saturated rings. The Kier molecular flexibility index (Phi) is 4.72. The lowest BCUT2D eigenvalue weighted by Gasteiger charge is -2.26. The van der Waals surface area contributed by atoms with E-state index < -0.39 is 6.10 Å². The minimum absolute atomic E-state index is 0.0311. The largest absolute Gasteiger partial charge is 0.388 e. The van der Waals surface area contributed by atoms with Crippen molar-refractivity contribution in [3.05, 3.63) is 65.5 Å². The van der Waals surface area contributed by atoms with Crippen molar-refractivity contribution in [3.63, 3.8) is 0 Å². The number of aliphatic hydroxyl groups excluding tert-OH is 1. The summed E-state index contributed by atoms with van der Waals surface area (Å²) in [6.45, 7) is 2.62. The quantitative estimate of drug-likeness (QED) is 0.944. The van der Waals surface area contributed by atoms with Crippen LogP contribution < -0.4 is 0 Å². The summed E-state index contributed by atoms with van der Waals surface area (Å²) in [5.41, 5.74) is 2.24. The Hall–Kier alpha value is -2.20. The van der Waals surface area contributed by atoms with Gasteiger partial charge in [0.15, 0.2) is 0 Å². The number of nitrogens with zero attached hydrogens (tertiary/aromatic N) is 2. The number of aliphatic hydroxyl groups is 1. The molecule has 0 unspecified atom stereocenters. The normalized spacial score (nSPS) is 18.9. The zero-order chi connectivity index (χ0) is 16.2. The number of rotatable bonds is 4. The van der Waals surface area contributed by atoms with Crippen LogP contribution >= 0.6 is 0 Å². The molecule has 1 saturated heterocycles. The smallest absolute Gasteiger partial charge is 0.272 e. The fourth-order valence-electron chi connectivity index (χ4n) is 3.23. The molecule has 120 valence electrons. The third kappa shape index (κ3) is 3.59. The predicted molar refractivity (Wildman–Crippen MR) is 89.1 cm³/mol. The summed E-state index contributed by atoms with van der Waals surface area (Å²) in [7, 11) is 0. The Morgan fingerprint density at radius 2 is 2.04 bits per heavy atom. The summed E-state index contributed by atoms with van der Waals surface area (Å²) in [4.78, 5) is 18.9. The van der Waals surface area contributed by atoms with Gasteiger partial charge in [-0.3, -0.25) is 4.79 Å². The van der Waals surface area contributed by atoms with E-state index in [1.807, 2.05) is 54.3 Å². The second-order valence-corrected chi connectivity index (χ2v) is 6.12. The summed E-state index contributed by atoms with van der Waals surface area (Å²) in [5.74, 6) is -0.0311. The monoisotopic (exact) mass is 310 g/mol. The highest BCUT2D eigenvalue weighted by atomic mass is 16.3. The molecule has 1 aromatic heterocycles. The molecular formula is C19H22N2O2. The summed E-state index contributed by atoms with van der Waals surface area (Å²) >= 11 is 0. The summed E-state index contributed by atoms with van der Waals surface area (Å²) in [6.07, 6.45) is 1.94. The van der Waals surface area contributed by atoms with E-state index in [0.717, 1.165) is 30.6 Å². The minimum Gasteiger partial charge on any atom is -0.388 e. The van der Waals surface area contributed by atoms with Gasteiger partial charge in [0.2, 0.25) is 0 Å². The first-order valence-corrected chi connectivity index (χ1v) is 8.13. The van der Waals surface area contributed by atoms with E-state index in [1.165, 1.54) is 0 Å². The topological polar surface area (TPSA) is 53.4 Å². The number of aromatic nitrogens is 1. The number of likely N-dealkylation sites (tertiary alicyclic amines) is 1. The molecule has 1 aliphatic rings. The molecular weight excluding hydrogens is 288 g/mol. The molecule has 2 aromatic rings. The minimum atomic E-state index is -0.542. The van der Waals surface area contributed by atoms with Gasteiger partial charge in [0, 0.05) is 18.3 Å². The lowest BCUT2D eigenvalue weighted by atomic mass is 10.0. The fraction of sp³-hybridized carbons (Fsp3) is 0.368. The van der Waals surface area contributed by atoms with Gasteiger partial charge in [-0.25, -0.2) is 4.98 Å². The first kappa shape index (κ1) is 15.7. The highest BCUT2D eigenvalue weighted by molar-refractivity contribution is 5.92. The van der Waals surface area contributed by atoms with Gasteiger partial charge in [0.25, 0.3) is 5.91 Å². The number of amides is 1. The first-order valence-electron chi connectivity index (χ1n) is 8.13. The molecule has 1 aromatic carbocycles. The van der Waals surface area contributed by atoms with Crippen molar-refractivity contribution >= 4 is 5.91 Å². The molecule has 1 N–H and O–H groups in total. The Balaban J connectivity index is 1.71. The molecule has 3 rings (SSSR count). The Labute approximate surface area is 136 Å². The molecule has 0 saturated carbocycles. The van der Waals surface area contributed by atoms with Crippen molar-refractivity contribution in [2.24, 2.45) is 0 Å². The molecule has 0 aliphatic carbocycles. The number of hydrogen-bond acceptors (Lipinski definition) is 3. The van der Waals surface area contributed by atoms with Crippen LogP contribution in [-0.4, -0.2) is 33.5 Å². The van der Waals surface area contributed by atoms with Crippen LogP contribution in [0.15, 0.2) is 48.5 Å². The fourth-order valence-corrected chi connectivity index (χ4v) is 3.23. The van der Waals surface area contributed by atoms with Crippen LogP contribution in [0.2, 0.25) is 0 Å². The Bertz CT molecular complexity index is 672. The first-order chi connectivity index (χ1) is 11.1.